The highest BCUT2D eigenvalue weighted by Crippen LogP contribution is 2.35. The van der Waals surface area contributed by atoms with Gasteiger partial charge in [0.05, 0.1) is 12.3 Å². The van der Waals surface area contributed by atoms with Gasteiger partial charge in [-0.25, -0.2) is 4.79 Å². The second-order valence-corrected chi connectivity index (χ2v) is 4.97. The van der Waals surface area contributed by atoms with Crippen molar-refractivity contribution in [2.45, 2.75) is 33.2 Å². The van der Waals surface area contributed by atoms with Gasteiger partial charge < -0.3 is 9.47 Å². The van der Waals surface area contributed by atoms with Gasteiger partial charge in [0, 0.05) is 5.56 Å². The van der Waals surface area contributed by atoms with Crippen molar-refractivity contribution in [3.8, 4) is 5.75 Å². The van der Waals surface area contributed by atoms with Crippen LogP contribution in [0.3, 0.4) is 0 Å². The fourth-order valence-corrected chi connectivity index (χ4v) is 2.42. The zero-order valence-corrected chi connectivity index (χ0v) is 12.9. The highest BCUT2D eigenvalue weighted by molar-refractivity contribution is 6.04. The minimum absolute atomic E-state index is 0.120. The number of rotatable bonds is 5. The summed E-state index contributed by atoms with van der Waals surface area (Å²) in [6.45, 7) is 5.07. The Hall–Kier alpha value is -2.37. The van der Waals surface area contributed by atoms with Gasteiger partial charge in [0.25, 0.3) is 5.91 Å². The maximum Gasteiger partial charge on any atom is 0.329 e. The molecular formula is C16H19NO5. The standard InChI is InChI=1S/C16H19NO5/c1-4-12(16(20)21-5-2)17-13-8-11(10(3)18)6-7-14(13)22-9-15(17)19/h6-8,12H,4-5,9H2,1-3H3. The quantitative estimate of drug-likeness (QED) is 0.614. The normalized spacial score (nSPS) is 14.9. The van der Waals surface area contributed by atoms with E-state index < -0.39 is 12.0 Å². The van der Waals surface area contributed by atoms with Gasteiger partial charge in [0.15, 0.2) is 12.4 Å². The molecule has 0 radical (unpaired) electrons. The number of esters is 1. The van der Waals surface area contributed by atoms with Gasteiger partial charge in [0.2, 0.25) is 0 Å². The first-order valence-corrected chi connectivity index (χ1v) is 7.26. The lowest BCUT2D eigenvalue weighted by atomic mass is 10.1. The smallest absolute Gasteiger partial charge is 0.329 e. The third kappa shape index (κ3) is 2.95. The van der Waals surface area contributed by atoms with Crippen molar-refractivity contribution in [2.24, 2.45) is 0 Å². The summed E-state index contributed by atoms with van der Waals surface area (Å²) in [5, 5.41) is 0. The summed E-state index contributed by atoms with van der Waals surface area (Å²) < 4.78 is 10.4. The summed E-state index contributed by atoms with van der Waals surface area (Å²) in [5.41, 5.74) is 0.893. The number of hydrogen-bond acceptors (Lipinski definition) is 5. The number of ether oxygens (including phenoxy) is 2. The number of hydrogen-bond donors (Lipinski definition) is 0. The molecule has 1 unspecified atom stereocenters. The Kier molecular flexibility index (Phi) is 4.80. The zero-order chi connectivity index (χ0) is 16.3. The maximum atomic E-state index is 12.3. The van der Waals surface area contributed by atoms with Crippen molar-refractivity contribution in [3.05, 3.63) is 23.8 Å². The third-order valence-corrected chi connectivity index (χ3v) is 3.50. The average molecular weight is 305 g/mol. The number of Topliss-reactive ketones (excluding diaryl/α,β-unsaturated/α-hetero) is 1. The molecule has 1 heterocycles. The predicted octanol–water partition coefficient (Wildman–Crippen LogP) is 1.96. The van der Waals surface area contributed by atoms with Crippen molar-refractivity contribution < 1.29 is 23.9 Å². The van der Waals surface area contributed by atoms with Crippen molar-refractivity contribution in [3.63, 3.8) is 0 Å². The molecule has 6 heteroatoms. The Morgan fingerprint density at radius 1 is 1.36 bits per heavy atom. The first kappa shape index (κ1) is 16.0. The highest BCUT2D eigenvalue weighted by atomic mass is 16.5. The Morgan fingerprint density at radius 2 is 2.09 bits per heavy atom. The molecule has 0 saturated carbocycles. The largest absolute Gasteiger partial charge is 0.482 e. The number of nitrogens with zero attached hydrogens (tertiary/aromatic N) is 1. The Labute approximate surface area is 129 Å². The molecule has 0 aliphatic carbocycles. The van der Waals surface area contributed by atoms with E-state index in [1.807, 2.05) is 0 Å². The molecule has 1 aliphatic rings. The van der Waals surface area contributed by atoms with Crippen LogP contribution in [-0.2, 0) is 14.3 Å². The molecule has 0 saturated heterocycles. The number of anilines is 1. The second kappa shape index (κ2) is 6.60. The summed E-state index contributed by atoms with van der Waals surface area (Å²) in [5.74, 6) is -0.426. The Balaban J connectivity index is 2.47. The van der Waals surface area contributed by atoms with E-state index in [9.17, 15) is 14.4 Å². The van der Waals surface area contributed by atoms with Crippen LogP contribution in [0.5, 0.6) is 5.75 Å². The van der Waals surface area contributed by atoms with Gasteiger partial charge in [-0.3, -0.25) is 14.5 Å². The van der Waals surface area contributed by atoms with E-state index in [4.69, 9.17) is 9.47 Å². The van der Waals surface area contributed by atoms with Crippen LogP contribution in [0, 0.1) is 0 Å². The van der Waals surface area contributed by atoms with Crippen LogP contribution < -0.4 is 9.64 Å². The van der Waals surface area contributed by atoms with E-state index in [0.29, 0.717) is 23.4 Å². The molecule has 2 rings (SSSR count). The van der Waals surface area contributed by atoms with E-state index in [-0.39, 0.29) is 24.9 Å². The summed E-state index contributed by atoms with van der Waals surface area (Å²) in [4.78, 5) is 37.3. The van der Waals surface area contributed by atoms with Gasteiger partial charge in [-0.1, -0.05) is 6.92 Å². The minimum atomic E-state index is -0.725. The van der Waals surface area contributed by atoms with E-state index in [1.165, 1.54) is 11.8 Å². The van der Waals surface area contributed by atoms with Crippen LogP contribution in [0.2, 0.25) is 0 Å². The van der Waals surface area contributed by atoms with E-state index in [2.05, 4.69) is 0 Å². The molecule has 118 valence electrons. The summed E-state index contributed by atoms with van der Waals surface area (Å²) in [6.07, 6.45) is 0.411. The molecule has 22 heavy (non-hydrogen) atoms. The fourth-order valence-electron chi connectivity index (χ4n) is 2.42. The summed E-state index contributed by atoms with van der Waals surface area (Å²) in [6, 6.07) is 4.14. The monoisotopic (exact) mass is 305 g/mol. The topological polar surface area (TPSA) is 72.9 Å². The van der Waals surface area contributed by atoms with Crippen LogP contribution in [0.25, 0.3) is 0 Å². The molecule has 1 amide bonds. The number of ketones is 1. The van der Waals surface area contributed by atoms with Crippen molar-refractivity contribution in [1.82, 2.24) is 0 Å². The van der Waals surface area contributed by atoms with Crippen molar-refractivity contribution in [1.29, 1.82) is 0 Å². The predicted molar refractivity (Wildman–Crippen MR) is 80.1 cm³/mol. The van der Waals surface area contributed by atoms with Gasteiger partial charge in [0.1, 0.15) is 11.8 Å². The number of amides is 1. The molecule has 0 spiro atoms. The number of carbonyl (C=O) groups excluding carboxylic acids is 3. The molecule has 1 atom stereocenters. The average Bonchev–Trinajstić information content (AvgIpc) is 2.49. The molecule has 0 N–H and O–H groups in total. The van der Waals surface area contributed by atoms with E-state index >= 15 is 0 Å². The van der Waals surface area contributed by atoms with Crippen LogP contribution in [0.1, 0.15) is 37.6 Å². The first-order chi connectivity index (χ1) is 10.5. The molecule has 1 aliphatic heterocycles. The summed E-state index contributed by atoms with van der Waals surface area (Å²) in [7, 11) is 0. The lowest BCUT2D eigenvalue weighted by molar-refractivity contribution is -0.146. The Bertz CT molecular complexity index is 611. The second-order valence-electron chi connectivity index (χ2n) is 4.97. The van der Waals surface area contributed by atoms with Crippen LogP contribution in [0.15, 0.2) is 18.2 Å². The lowest BCUT2D eigenvalue weighted by Crippen LogP contribution is -2.49. The number of fused-ring (bicyclic) bond motifs is 1. The van der Waals surface area contributed by atoms with Crippen LogP contribution in [-0.4, -0.2) is 36.9 Å². The molecule has 6 nitrogen and oxygen atoms in total. The molecule has 1 aromatic carbocycles. The van der Waals surface area contributed by atoms with Gasteiger partial charge in [-0.15, -0.1) is 0 Å². The number of benzene rings is 1. The Morgan fingerprint density at radius 3 is 2.68 bits per heavy atom. The number of carbonyl (C=O) groups is 3. The van der Waals surface area contributed by atoms with E-state index in [0.717, 1.165) is 0 Å². The van der Waals surface area contributed by atoms with Gasteiger partial charge in [-0.05, 0) is 38.5 Å². The van der Waals surface area contributed by atoms with E-state index in [1.54, 1.807) is 32.0 Å². The highest BCUT2D eigenvalue weighted by Gasteiger charge is 2.35. The summed E-state index contributed by atoms with van der Waals surface area (Å²) >= 11 is 0. The minimum Gasteiger partial charge on any atom is -0.482 e. The first-order valence-electron chi connectivity index (χ1n) is 7.26. The molecule has 0 fully saturated rings. The van der Waals surface area contributed by atoms with Crippen molar-refractivity contribution in [2.75, 3.05) is 18.1 Å². The molecule has 1 aromatic rings. The lowest BCUT2D eigenvalue weighted by Gasteiger charge is -2.34. The zero-order valence-electron chi connectivity index (χ0n) is 12.9. The van der Waals surface area contributed by atoms with Crippen LogP contribution in [0.4, 0.5) is 5.69 Å². The van der Waals surface area contributed by atoms with Gasteiger partial charge >= 0.3 is 5.97 Å². The third-order valence-electron chi connectivity index (χ3n) is 3.50. The molecule has 0 aromatic heterocycles. The van der Waals surface area contributed by atoms with Crippen molar-refractivity contribution >= 4 is 23.3 Å². The van der Waals surface area contributed by atoms with Crippen LogP contribution >= 0.6 is 0 Å². The SMILES string of the molecule is CCOC(=O)C(CC)N1C(=O)COc2ccc(C(C)=O)cc21. The van der Waals surface area contributed by atoms with Gasteiger partial charge in [-0.2, -0.15) is 0 Å². The molecule has 0 bridgehead atoms. The maximum absolute atomic E-state index is 12.3. The fraction of sp³-hybridized carbons (Fsp3) is 0.438. The molecular weight excluding hydrogens is 286 g/mol.